The second-order valence-corrected chi connectivity index (χ2v) is 2.10. The summed E-state index contributed by atoms with van der Waals surface area (Å²) in [6.07, 6.45) is 0. The highest BCUT2D eigenvalue weighted by atomic mass is 19.2. The summed E-state index contributed by atoms with van der Waals surface area (Å²) in [6, 6.07) is 2.34. The highest BCUT2D eigenvalue weighted by Gasteiger charge is 2.20. The van der Waals surface area contributed by atoms with Gasteiger partial charge in [-0.3, -0.25) is 0 Å². The van der Waals surface area contributed by atoms with Crippen molar-refractivity contribution in [3.63, 3.8) is 0 Å². The topological polar surface area (TPSA) is 18.5 Å². The number of ether oxygens (including phenoxy) is 2. The molecule has 0 saturated carbocycles. The van der Waals surface area contributed by atoms with Crippen LogP contribution >= 0.6 is 0 Å². The molecule has 2 nitrogen and oxygen atoms in total. The molecule has 0 atom stereocenters. The maximum absolute atomic E-state index is 12.7. The van der Waals surface area contributed by atoms with Gasteiger partial charge in [0.2, 0.25) is 18.4 Å². The van der Waals surface area contributed by atoms with Gasteiger partial charge in [0.25, 0.3) is 0 Å². The lowest BCUT2D eigenvalue weighted by Gasteiger charge is -1.96. The van der Waals surface area contributed by atoms with Crippen molar-refractivity contribution in [3.05, 3.63) is 23.8 Å². The second kappa shape index (κ2) is 2.08. The molecule has 1 heterocycles. The van der Waals surface area contributed by atoms with Crippen LogP contribution in [0, 0.1) is 11.6 Å². The van der Waals surface area contributed by atoms with Crippen molar-refractivity contribution in [2.75, 3.05) is 6.79 Å². The first kappa shape index (κ1) is 6.39. The molecule has 1 aliphatic rings. The Balaban J connectivity index is 2.62. The summed E-state index contributed by atoms with van der Waals surface area (Å²) in [5.41, 5.74) is 0. The Kier molecular flexibility index (Phi) is 1.21. The second-order valence-electron chi connectivity index (χ2n) is 2.10. The number of benzene rings is 1. The predicted molar refractivity (Wildman–Crippen MR) is 32.5 cm³/mol. The fourth-order valence-corrected chi connectivity index (χ4v) is 0.914. The average Bonchev–Trinajstić information content (AvgIpc) is 2.45. The quantitative estimate of drug-likeness (QED) is 0.572. The van der Waals surface area contributed by atoms with E-state index in [1.807, 2.05) is 0 Å². The largest absolute Gasteiger partial charge is 0.453 e. The summed E-state index contributed by atoms with van der Waals surface area (Å²) in [5, 5.41) is 0. The molecule has 2 rings (SSSR count). The van der Waals surface area contributed by atoms with Crippen LogP contribution in [-0.2, 0) is 0 Å². The van der Waals surface area contributed by atoms with Crippen LogP contribution in [0.3, 0.4) is 0 Å². The van der Waals surface area contributed by atoms with Gasteiger partial charge < -0.3 is 9.47 Å². The molecular weight excluding hydrogens is 154 g/mol. The zero-order chi connectivity index (χ0) is 7.84. The highest BCUT2D eigenvalue weighted by molar-refractivity contribution is 5.43. The Hall–Kier alpha value is -1.32. The van der Waals surface area contributed by atoms with E-state index < -0.39 is 11.6 Å². The lowest BCUT2D eigenvalue weighted by Crippen LogP contribution is -1.94. The van der Waals surface area contributed by atoms with Gasteiger partial charge >= 0.3 is 0 Å². The van der Waals surface area contributed by atoms with E-state index in [1.54, 1.807) is 0 Å². The first-order valence-electron chi connectivity index (χ1n) is 3.02. The van der Waals surface area contributed by atoms with E-state index >= 15 is 0 Å². The molecule has 11 heavy (non-hydrogen) atoms. The monoisotopic (exact) mass is 158 g/mol. The van der Waals surface area contributed by atoms with Gasteiger partial charge in [0, 0.05) is 0 Å². The van der Waals surface area contributed by atoms with Gasteiger partial charge in [-0.05, 0) is 12.1 Å². The molecule has 0 aromatic heterocycles. The molecule has 0 unspecified atom stereocenters. The Morgan fingerprint density at radius 1 is 1.18 bits per heavy atom. The minimum absolute atomic E-state index is 0.0459. The van der Waals surface area contributed by atoms with E-state index in [0.717, 1.165) is 6.07 Å². The lowest BCUT2D eigenvalue weighted by atomic mass is 10.3. The lowest BCUT2D eigenvalue weighted by molar-refractivity contribution is 0.170. The number of hydrogen-bond acceptors (Lipinski definition) is 2. The van der Waals surface area contributed by atoms with Crippen molar-refractivity contribution in [1.82, 2.24) is 0 Å². The summed E-state index contributed by atoms with van der Waals surface area (Å²) < 4.78 is 34.7. The maximum atomic E-state index is 12.7. The number of fused-ring (bicyclic) bond motifs is 1. The molecular formula is C7H4F2O2. The fraction of sp³-hybridized carbons (Fsp3) is 0.143. The van der Waals surface area contributed by atoms with Crippen LogP contribution < -0.4 is 9.47 Å². The molecule has 1 aromatic carbocycles. The zero-order valence-electron chi connectivity index (χ0n) is 5.43. The third kappa shape index (κ3) is 0.824. The van der Waals surface area contributed by atoms with Crippen molar-refractivity contribution in [1.29, 1.82) is 0 Å². The molecule has 58 valence electrons. The van der Waals surface area contributed by atoms with Gasteiger partial charge in [-0.1, -0.05) is 0 Å². The van der Waals surface area contributed by atoms with Gasteiger partial charge in [-0.15, -0.1) is 0 Å². The number of hydrogen-bond donors (Lipinski definition) is 0. The minimum Gasteiger partial charge on any atom is -0.453 e. The SMILES string of the molecule is Fc1ccc2c(c1F)OCO2. The molecule has 0 radical (unpaired) electrons. The van der Waals surface area contributed by atoms with Crippen LogP contribution in [-0.4, -0.2) is 6.79 Å². The first-order valence-corrected chi connectivity index (χ1v) is 3.02. The van der Waals surface area contributed by atoms with Crippen molar-refractivity contribution in [2.24, 2.45) is 0 Å². The Bertz CT molecular complexity index is 299. The maximum Gasteiger partial charge on any atom is 0.231 e. The summed E-state index contributed by atoms with van der Waals surface area (Å²) in [4.78, 5) is 0. The molecule has 0 saturated heterocycles. The predicted octanol–water partition coefficient (Wildman–Crippen LogP) is 1.69. The van der Waals surface area contributed by atoms with E-state index in [2.05, 4.69) is 4.74 Å². The smallest absolute Gasteiger partial charge is 0.231 e. The third-order valence-electron chi connectivity index (χ3n) is 1.43. The summed E-state index contributed by atoms with van der Waals surface area (Å²) >= 11 is 0. The van der Waals surface area contributed by atoms with Gasteiger partial charge in [0.15, 0.2) is 11.6 Å². The summed E-state index contributed by atoms with van der Waals surface area (Å²) in [5.74, 6) is -1.79. The van der Waals surface area contributed by atoms with Crippen LogP contribution in [0.25, 0.3) is 0 Å². The number of halogens is 2. The molecule has 0 spiro atoms. The molecule has 0 N–H and O–H groups in total. The van der Waals surface area contributed by atoms with Gasteiger partial charge in [0.1, 0.15) is 0 Å². The van der Waals surface area contributed by atoms with Crippen LogP contribution in [0.2, 0.25) is 0 Å². The van der Waals surface area contributed by atoms with E-state index in [9.17, 15) is 8.78 Å². The van der Waals surface area contributed by atoms with E-state index in [4.69, 9.17) is 4.74 Å². The Morgan fingerprint density at radius 2 is 2.00 bits per heavy atom. The van der Waals surface area contributed by atoms with Crippen molar-refractivity contribution < 1.29 is 18.3 Å². The zero-order valence-corrected chi connectivity index (χ0v) is 5.43. The molecule has 0 bridgehead atoms. The van der Waals surface area contributed by atoms with Crippen molar-refractivity contribution >= 4 is 0 Å². The van der Waals surface area contributed by atoms with Gasteiger partial charge in [0.05, 0.1) is 0 Å². The number of rotatable bonds is 0. The minimum atomic E-state index is -0.986. The first-order chi connectivity index (χ1) is 5.29. The fourth-order valence-electron chi connectivity index (χ4n) is 0.914. The standard InChI is InChI=1S/C7H4F2O2/c8-4-1-2-5-7(6(4)9)11-3-10-5/h1-2H,3H2. The molecule has 0 aliphatic carbocycles. The van der Waals surface area contributed by atoms with Gasteiger partial charge in [-0.25, -0.2) is 4.39 Å². The van der Waals surface area contributed by atoms with E-state index in [0.29, 0.717) is 0 Å². The Morgan fingerprint density at radius 3 is 2.82 bits per heavy atom. The molecule has 4 heteroatoms. The molecule has 0 amide bonds. The van der Waals surface area contributed by atoms with Crippen LogP contribution in [0.1, 0.15) is 0 Å². The Labute approximate surface area is 61.3 Å². The van der Waals surface area contributed by atoms with Crippen LogP contribution in [0.5, 0.6) is 11.5 Å². The molecule has 1 aromatic rings. The molecule has 0 fully saturated rings. The summed E-state index contributed by atoms with van der Waals surface area (Å²) in [7, 11) is 0. The van der Waals surface area contributed by atoms with Crippen molar-refractivity contribution in [2.45, 2.75) is 0 Å². The van der Waals surface area contributed by atoms with Gasteiger partial charge in [-0.2, -0.15) is 4.39 Å². The third-order valence-corrected chi connectivity index (χ3v) is 1.43. The van der Waals surface area contributed by atoms with E-state index in [1.165, 1.54) is 6.07 Å². The van der Waals surface area contributed by atoms with Crippen molar-refractivity contribution in [3.8, 4) is 11.5 Å². The summed E-state index contributed by atoms with van der Waals surface area (Å²) in [6.45, 7) is -0.0459. The average molecular weight is 158 g/mol. The normalized spacial score (nSPS) is 13.6. The van der Waals surface area contributed by atoms with Crippen LogP contribution in [0.4, 0.5) is 8.78 Å². The van der Waals surface area contributed by atoms with Crippen LogP contribution in [0.15, 0.2) is 12.1 Å². The van der Waals surface area contributed by atoms with E-state index in [-0.39, 0.29) is 18.3 Å². The molecule has 1 aliphatic heterocycles. The highest BCUT2D eigenvalue weighted by Crippen LogP contribution is 2.35.